The molecule has 0 unspecified atom stereocenters. The summed E-state index contributed by atoms with van der Waals surface area (Å²) in [5.41, 5.74) is 3.19. The lowest BCUT2D eigenvalue weighted by molar-refractivity contribution is -0.131. The molecule has 24 heavy (non-hydrogen) atoms. The number of hydrogen-bond acceptors (Lipinski definition) is 2. The number of methoxy groups -OCH3 is 1. The van der Waals surface area contributed by atoms with Gasteiger partial charge in [0.15, 0.2) is 0 Å². The lowest BCUT2D eigenvalue weighted by atomic mass is 10.1. The maximum atomic E-state index is 10.5. The van der Waals surface area contributed by atoms with Gasteiger partial charge in [0.05, 0.1) is 17.2 Å². The van der Waals surface area contributed by atoms with Crippen molar-refractivity contribution < 1.29 is 14.6 Å². The Bertz CT molecular complexity index is 741. The van der Waals surface area contributed by atoms with Crippen LogP contribution in [-0.2, 0) is 4.79 Å². The Morgan fingerprint density at radius 3 is 2.46 bits per heavy atom. The van der Waals surface area contributed by atoms with Crippen molar-refractivity contribution in [2.75, 3.05) is 7.11 Å². The Kier molecular flexibility index (Phi) is 7.83. The normalized spacial score (nSPS) is 13.1. The molecule has 0 fully saturated rings. The fraction of sp³-hybridized carbons (Fsp3) is 0.211. The van der Waals surface area contributed by atoms with E-state index >= 15 is 0 Å². The van der Waals surface area contributed by atoms with Gasteiger partial charge in [-0.2, -0.15) is 0 Å². The molecule has 1 N–H and O–H groups in total. The van der Waals surface area contributed by atoms with Crippen molar-refractivity contribution >= 4 is 35.2 Å². The number of carbonyl (C=O) groups is 1. The maximum absolute atomic E-state index is 10.5. The quantitative estimate of drug-likeness (QED) is 0.506. The Morgan fingerprint density at radius 1 is 1.21 bits per heavy atom. The number of halogens is 2. The van der Waals surface area contributed by atoms with E-state index in [4.69, 9.17) is 33.0 Å². The van der Waals surface area contributed by atoms with E-state index in [2.05, 4.69) is 0 Å². The maximum Gasteiger partial charge on any atom is 0.328 e. The molecule has 0 spiro atoms. The molecular weight excluding hydrogens is 347 g/mol. The number of carboxylic acids is 1. The number of aliphatic carboxylic acids is 1. The monoisotopic (exact) mass is 366 g/mol. The summed E-state index contributed by atoms with van der Waals surface area (Å²) in [7, 11) is 1.57. The smallest absolute Gasteiger partial charge is 0.328 e. The largest absolute Gasteiger partial charge is 0.496 e. The molecule has 0 aromatic heterocycles. The highest BCUT2D eigenvalue weighted by molar-refractivity contribution is 6.38. The first kappa shape index (κ1) is 20.1. The van der Waals surface area contributed by atoms with E-state index in [9.17, 15) is 4.79 Å². The first-order chi connectivity index (χ1) is 11.3. The third-order valence-corrected chi connectivity index (χ3v) is 4.05. The molecule has 0 bridgehead atoms. The van der Waals surface area contributed by atoms with Gasteiger partial charge in [-0.25, -0.2) is 4.79 Å². The molecule has 1 aromatic carbocycles. The van der Waals surface area contributed by atoms with Crippen molar-refractivity contribution in [3.63, 3.8) is 0 Å². The van der Waals surface area contributed by atoms with Crippen molar-refractivity contribution in [2.45, 2.75) is 20.8 Å². The van der Waals surface area contributed by atoms with Crippen LogP contribution in [0.4, 0.5) is 0 Å². The van der Waals surface area contributed by atoms with E-state index in [1.54, 1.807) is 32.3 Å². The van der Waals surface area contributed by atoms with E-state index in [1.165, 1.54) is 0 Å². The van der Waals surface area contributed by atoms with Crippen molar-refractivity contribution in [2.24, 2.45) is 0 Å². The summed E-state index contributed by atoms with van der Waals surface area (Å²) in [5.74, 6) is -0.310. The second kappa shape index (κ2) is 9.36. The molecule has 1 aromatic rings. The number of benzene rings is 1. The fourth-order valence-electron chi connectivity index (χ4n) is 1.95. The van der Waals surface area contributed by atoms with Crippen LogP contribution in [0.5, 0.6) is 5.75 Å². The van der Waals surface area contributed by atoms with Gasteiger partial charge in [0.1, 0.15) is 5.75 Å². The van der Waals surface area contributed by atoms with E-state index in [-0.39, 0.29) is 0 Å². The van der Waals surface area contributed by atoms with Crippen LogP contribution in [0.15, 0.2) is 47.6 Å². The van der Waals surface area contributed by atoms with Crippen molar-refractivity contribution in [1.82, 2.24) is 0 Å². The number of hydrogen-bond donors (Lipinski definition) is 1. The van der Waals surface area contributed by atoms with Gasteiger partial charge in [0.2, 0.25) is 0 Å². The summed E-state index contributed by atoms with van der Waals surface area (Å²) < 4.78 is 5.23. The first-order valence-corrected chi connectivity index (χ1v) is 7.98. The second-order valence-corrected chi connectivity index (χ2v) is 6.03. The van der Waals surface area contributed by atoms with Gasteiger partial charge < -0.3 is 9.84 Å². The molecule has 0 aliphatic rings. The van der Waals surface area contributed by atoms with Crippen LogP contribution < -0.4 is 4.74 Å². The Morgan fingerprint density at radius 2 is 1.88 bits per heavy atom. The third-order valence-electron chi connectivity index (χ3n) is 3.25. The highest BCUT2D eigenvalue weighted by Crippen LogP contribution is 2.35. The Hall–Kier alpha value is -1.97. The van der Waals surface area contributed by atoms with E-state index in [0.717, 1.165) is 22.8 Å². The van der Waals surface area contributed by atoms with Gasteiger partial charge in [-0.15, -0.1) is 0 Å². The average molecular weight is 367 g/mol. The van der Waals surface area contributed by atoms with Crippen LogP contribution >= 0.6 is 23.2 Å². The molecule has 1 rings (SSSR count). The molecule has 128 valence electrons. The molecule has 0 saturated heterocycles. The van der Waals surface area contributed by atoms with Crippen molar-refractivity contribution in [3.05, 3.63) is 68.8 Å². The van der Waals surface area contributed by atoms with Crippen molar-refractivity contribution in [1.29, 1.82) is 0 Å². The van der Waals surface area contributed by atoms with Gasteiger partial charge in [-0.3, -0.25) is 0 Å². The standard InChI is InChI=1S/C19H20Cl2O3/c1-12(6-5-7-13(2)10-18(22)23)8-9-15-16(20)11-17(24-4)14(3)19(15)21/h5-11H,1-4H3,(H,22,23)/b7-5+,9-8?,12-6+,13-10+. The molecule has 0 aliphatic carbocycles. The number of ether oxygens (including phenoxy) is 1. The minimum Gasteiger partial charge on any atom is -0.496 e. The minimum absolute atomic E-state index is 0.516. The zero-order valence-electron chi connectivity index (χ0n) is 14.1. The average Bonchev–Trinajstić information content (AvgIpc) is 2.50. The van der Waals surface area contributed by atoms with Gasteiger partial charge >= 0.3 is 5.97 Å². The van der Waals surface area contributed by atoms with Crippen LogP contribution in [0.1, 0.15) is 25.0 Å². The van der Waals surface area contributed by atoms with Gasteiger partial charge in [-0.05, 0) is 32.4 Å². The molecule has 3 nitrogen and oxygen atoms in total. The number of rotatable bonds is 6. The van der Waals surface area contributed by atoms with Crippen LogP contribution in [0.2, 0.25) is 10.0 Å². The highest BCUT2D eigenvalue weighted by atomic mass is 35.5. The van der Waals surface area contributed by atoms with Crippen LogP contribution in [0, 0.1) is 6.92 Å². The second-order valence-electron chi connectivity index (χ2n) is 5.24. The minimum atomic E-state index is -0.961. The van der Waals surface area contributed by atoms with Gasteiger partial charge in [-0.1, -0.05) is 59.2 Å². The topological polar surface area (TPSA) is 46.5 Å². The molecule has 5 heteroatoms. The Labute approximate surface area is 152 Å². The van der Waals surface area contributed by atoms with Gasteiger partial charge in [0, 0.05) is 17.2 Å². The summed E-state index contributed by atoms with van der Waals surface area (Å²) in [6.07, 6.45) is 10.3. The molecule has 0 saturated carbocycles. The van der Waals surface area contributed by atoms with E-state index in [1.807, 2.05) is 32.1 Å². The lowest BCUT2D eigenvalue weighted by Gasteiger charge is -2.10. The zero-order valence-corrected chi connectivity index (χ0v) is 15.6. The summed E-state index contributed by atoms with van der Waals surface area (Å²) in [6.45, 7) is 5.52. The molecule has 0 aliphatic heterocycles. The van der Waals surface area contributed by atoms with Crippen molar-refractivity contribution in [3.8, 4) is 5.75 Å². The zero-order chi connectivity index (χ0) is 18.3. The SMILES string of the molecule is COc1cc(Cl)c(C=C/C(C)=C/C=C/C(C)=C/C(=O)O)c(Cl)c1C. The summed E-state index contributed by atoms with van der Waals surface area (Å²) in [4.78, 5) is 10.5. The lowest BCUT2D eigenvalue weighted by Crippen LogP contribution is -1.91. The van der Waals surface area contributed by atoms with Crippen LogP contribution in [0.3, 0.4) is 0 Å². The molecule has 0 heterocycles. The Balaban J connectivity index is 2.97. The van der Waals surface area contributed by atoms with Crippen LogP contribution in [0.25, 0.3) is 6.08 Å². The third kappa shape index (κ3) is 5.91. The number of carboxylic acid groups (broad SMARTS) is 1. The number of allylic oxidation sites excluding steroid dienone is 6. The predicted molar refractivity (Wildman–Crippen MR) is 101 cm³/mol. The first-order valence-electron chi connectivity index (χ1n) is 7.23. The summed E-state index contributed by atoms with van der Waals surface area (Å²) in [5, 5.41) is 9.71. The predicted octanol–water partition coefficient (Wildman–Crippen LogP) is 5.86. The molecule has 0 radical (unpaired) electrons. The molecular formula is C19H20Cl2O3. The summed E-state index contributed by atoms with van der Waals surface area (Å²) in [6, 6.07) is 1.74. The van der Waals surface area contributed by atoms with E-state index < -0.39 is 5.97 Å². The van der Waals surface area contributed by atoms with Gasteiger partial charge in [0.25, 0.3) is 0 Å². The summed E-state index contributed by atoms with van der Waals surface area (Å²) >= 11 is 12.6. The van der Waals surface area contributed by atoms with E-state index in [0.29, 0.717) is 21.4 Å². The highest BCUT2D eigenvalue weighted by Gasteiger charge is 2.11. The fourth-order valence-corrected chi connectivity index (χ4v) is 2.51. The van der Waals surface area contributed by atoms with Crippen LogP contribution in [-0.4, -0.2) is 18.2 Å². The molecule has 0 atom stereocenters. The molecule has 0 amide bonds.